The fourth-order valence-electron chi connectivity index (χ4n) is 2.04. The smallest absolute Gasteiger partial charge is 0.0218 e. The molecule has 0 amide bonds. The first-order valence-electron chi connectivity index (χ1n) is 6.46. The van der Waals surface area contributed by atoms with Gasteiger partial charge in [0.05, 0.1) is 0 Å². The predicted octanol–water partition coefficient (Wildman–Crippen LogP) is 2.74. The van der Waals surface area contributed by atoms with Gasteiger partial charge in [0, 0.05) is 18.6 Å². The van der Waals surface area contributed by atoms with Gasteiger partial charge in [-0.05, 0) is 39.3 Å². The lowest BCUT2D eigenvalue weighted by Crippen LogP contribution is -2.47. The molecule has 92 valence electrons. The zero-order valence-electron chi connectivity index (χ0n) is 11.5. The topological polar surface area (TPSA) is 15.3 Å². The molecule has 0 spiro atoms. The maximum Gasteiger partial charge on any atom is 0.0218 e. The van der Waals surface area contributed by atoms with Gasteiger partial charge in [0.1, 0.15) is 0 Å². The summed E-state index contributed by atoms with van der Waals surface area (Å²) in [5, 5.41) is 3.63. The van der Waals surface area contributed by atoms with Crippen molar-refractivity contribution in [3.63, 3.8) is 0 Å². The molecule has 0 aromatic heterocycles. The van der Waals surface area contributed by atoms with Crippen LogP contribution in [0, 0.1) is 5.92 Å². The van der Waals surface area contributed by atoms with Crippen LogP contribution < -0.4 is 5.32 Å². The maximum atomic E-state index is 3.63. The number of hydrogen-bond acceptors (Lipinski definition) is 2. The Morgan fingerprint density at radius 1 is 1.13 bits per heavy atom. The molecule has 0 rings (SSSR count). The van der Waals surface area contributed by atoms with Gasteiger partial charge >= 0.3 is 0 Å². The minimum atomic E-state index is 0.629. The van der Waals surface area contributed by atoms with Crippen molar-refractivity contribution in [2.45, 2.75) is 59.5 Å². The highest BCUT2D eigenvalue weighted by Crippen LogP contribution is 2.08. The molecule has 1 N–H and O–H groups in total. The molecule has 0 fully saturated rings. The first kappa shape index (κ1) is 14.9. The number of hydrogen-bond donors (Lipinski definition) is 1. The summed E-state index contributed by atoms with van der Waals surface area (Å²) in [7, 11) is 2.24. The van der Waals surface area contributed by atoms with Crippen molar-refractivity contribution in [1.82, 2.24) is 10.2 Å². The average molecular weight is 214 g/mol. The summed E-state index contributed by atoms with van der Waals surface area (Å²) < 4.78 is 0. The van der Waals surface area contributed by atoms with E-state index < -0.39 is 0 Å². The fraction of sp³-hybridized carbons (Fsp3) is 1.00. The van der Waals surface area contributed by atoms with E-state index in [1.165, 1.54) is 19.4 Å². The zero-order valence-corrected chi connectivity index (χ0v) is 11.5. The van der Waals surface area contributed by atoms with Crippen LogP contribution in [0.3, 0.4) is 0 Å². The highest BCUT2D eigenvalue weighted by molar-refractivity contribution is 4.78. The summed E-state index contributed by atoms with van der Waals surface area (Å²) in [6.07, 6.45) is 2.43. The van der Waals surface area contributed by atoms with Crippen molar-refractivity contribution in [2.75, 3.05) is 20.1 Å². The van der Waals surface area contributed by atoms with Crippen LogP contribution in [-0.2, 0) is 0 Å². The highest BCUT2D eigenvalue weighted by atomic mass is 15.2. The minimum absolute atomic E-state index is 0.629. The number of likely N-dealkylation sites (N-methyl/N-ethyl adjacent to an activating group) is 1. The van der Waals surface area contributed by atoms with Crippen LogP contribution in [0.15, 0.2) is 0 Å². The molecular formula is C13H30N2. The van der Waals surface area contributed by atoms with Crippen LogP contribution in [0.2, 0.25) is 0 Å². The van der Waals surface area contributed by atoms with E-state index in [4.69, 9.17) is 0 Å². The van der Waals surface area contributed by atoms with Gasteiger partial charge in [0.25, 0.3) is 0 Å². The summed E-state index contributed by atoms with van der Waals surface area (Å²) in [6, 6.07) is 1.26. The second-order valence-corrected chi connectivity index (χ2v) is 5.04. The SMILES string of the molecule is CCCNC(CC)C(C)N(C)CC(C)C. The quantitative estimate of drug-likeness (QED) is 0.668. The third kappa shape index (κ3) is 6.16. The molecule has 2 atom stereocenters. The Morgan fingerprint density at radius 2 is 1.73 bits per heavy atom. The number of nitrogens with zero attached hydrogens (tertiary/aromatic N) is 1. The van der Waals surface area contributed by atoms with Gasteiger partial charge in [-0.2, -0.15) is 0 Å². The van der Waals surface area contributed by atoms with Gasteiger partial charge in [0.2, 0.25) is 0 Å². The van der Waals surface area contributed by atoms with Crippen LogP contribution in [0.25, 0.3) is 0 Å². The van der Waals surface area contributed by atoms with Crippen LogP contribution in [-0.4, -0.2) is 37.1 Å². The maximum absolute atomic E-state index is 3.63. The van der Waals surface area contributed by atoms with Gasteiger partial charge in [-0.15, -0.1) is 0 Å². The lowest BCUT2D eigenvalue weighted by molar-refractivity contribution is 0.184. The van der Waals surface area contributed by atoms with Crippen molar-refractivity contribution >= 4 is 0 Å². The minimum Gasteiger partial charge on any atom is -0.312 e. The molecule has 0 saturated carbocycles. The van der Waals surface area contributed by atoms with Crippen molar-refractivity contribution in [1.29, 1.82) is 0 Å². The standard InChI is InChI=1S/C13H30N2/c1-7-9-14-13(8-2)12(5)15(6)10-11(3)4/h11-14H,7-10H2,1-6H3. The highest BCUT2D eigenvalue weighted by Gasteiger charge is 2.18. The molecule has 0 heterocycles. The summed E-state index contributed by atoms with van der Waals surface area (Å²) in [5.41, 5.74) is 0. The molecule has 0 aromatic carbocycles. The molecule has 15 heavy (non-hydrogen) atoms. The van der Waals surface area contributed by atoms with E-state index in [1.807, 2.05) is 0 Å². The lowest BCUT2D eigenvalue weighted by atomic mass is 10.0. The molecule has 0 bridgehead atoms. The van der Waals surface area contributed by atoms with E-state index in [2.05, 4.69) is 51.9 Å². The normalized spacial score (nSPS) is 16.0. The first-order chi connectivity index (χ1) is 7.02. The van der Waals surface area contributed by atoms with E-state index in [0.29, 0.717) is 12.1 Å². The monoisotopic (exact) mass is 214 g/mol. The Labute approximate surface area is 96.4 Å². The second-order valence-electron chi connectivity index (χ2n) is 5.04. The van der Waals surface area contributed by atoms with Crippen LogP contribution in [0.1, 0.15) is 47.5 Å². The van der Waals surface area contributed by atoms with E-state index in [9.17, 15) is 0 Å². The Balaban J connectivity index is 4.05. The molecule has 2 nitrogen and oxygen atoms in total. The van der Waals surface area contributed by atoms with E-state index in [1.54, 1.807) is 0 Å². The van der Waals surface area contributed by atoms with Crippen molar-refractivity contribution in [2.24, 2.45) is 5.92 Å². The summed E-state index contributed by atoms with van der Waals surface area (Å²) >= 11 is 0. The Hall–Kier alpha value is -0.0800. The molecule has 0 aromatic rings. The third-order valence-corrected chi connectivity index (χ3v) is 3.03. The Morgan fingerprint density at radius 3 is 2.13 bits per heavy atom. The predicted molar refractivity (Wildman–Crippen MR) is 69.3 cm³/mol. The van der Waals surface area contributed by atoms with Crippen molar-refractivity contribution in [3.8, 4) is 0 Å². The summed E-state index contributed by atoms with van der Waals surface area (Å²) in [4.78, 5) is 2.47. The van der Waals surface area contributed by atoms with Gasteiger partial charge in [-0.3, -0.25) is 0 Å². The summed E-state index contributed by atoms with van der Waals surface area (Å²) in [6.45, 7) is 13.7. The van der Waals surface area contributed by atoms with E-state index in [0.717, 1.165) is 12.5 Å². The third-order valence-electron chi connectivity index (χ3n) is 3.03. The molecule has 2 unspecified atom stereocenters. The van der Waals surface area contributed by atoms with Crippen molar-refractivity contribution in [3.05, 3.63) is 0 Å². The van der Waals surface area contributed by atoms with Crippen LogP contribution in [0.4, 0.5) is 0 Å². The fourth-order valence-corrected chi connectivity index (χ4v) is 2.04. The van der Waals surface area contributed by atoms with Gasteiger partial charge in [-0.25, -0.2) is 0 Å². The first-order valence-corrected chi connectivity index (χ1v) is 6.46. The van der Waals surface area contributed by atoms with Gasteiger partial charge in [0.15, 0.2) is 0 Å². The molecule has 0 aliphatic carbocycles. The van der Waals surface area contributed by atoms with Crippen molar-refractivity contribution < 1.29 is 0 Å². The molecule has 0 saturated heterocycles. The van der Waals surface area contributed by atoms with Gasteiger partial charge < -0.3 is 10.2 Å². The number of rotatable bonds is 8. The largest absolute Gasteiger partial charge is 0.312 e. The zero-order chi connectivity index (χ0) is 11.8. The molecule has 0 radical (unpaired) electrons. The van der Waals surface area contributed by atoms with E-state index in [-0.39, 0.29) is 0 Å². The number of nitrogens with one attached hydrogen (secondary N) is 1. The Bertz CT molecular complexity index is 145. The second kappa shape index (κ2) is 8.12. The average Bonchev–Trinajstić information content (AvgIpc) is 2.17. The molecule has 0 aliphatic rings. The van der Waals surface area contributed by atoms with Crippen LogP contribution >= 0.6 is 0 Å². The van der Waals surface area contributed by atoms with E-state index >= 15 is 0 Å². The van der Waals surface area contributed by atoms with Gasteiger partial charge in [-0.1, -0.05) is 27.7 Å². The molecule has 2 heteroatoms. The molecule has 0 aliphatic heterocycles. The van der Waals surface area contributed by atoms with Crippen LogP contribution in [0.5, 0.6) is 0 Å². The Kier molecular flexibility index (Phi) is 8.07. The lowest BCUT2D eigenvalue weighted by Gasteiger charge is -2.33. The summed E-state index contributed by atoms with van der Waals surface area (Å²) in [5.74, 6) is 0.751. The molecular weight excluding hydrogens is 184 g/mol.